The highest BCUT2D eigenvalue weighted by molar-refractivity contribution is 5.93. The Morgan fingerprint density at radius 2 is 1.93 bits per heavy atom. The first kappa shape index (κ1) is 19.5. The molecule has 1 aromatic rings. The Balaban J connectivity index is 1.70. The van der Waals surface area contributed by atoms with Gasteiger partial charge in [-0.15, -0.1) is 0 Å². The summed E-state index contributed by atoms with van der Waals surface area (Å²) in [5, 5.41) is 9.68. The molecule has 6 nitrogen and oxygen atoms in total. The largest absolute Gasteiger partial charge is 0.449 e. The summed E-state index contributed by atoms with van der Waals surface area (Å²) in [6.45, 7) is 5.50. The third-order valence-corrected chi connectivity index (χ3v) is 6.11. The number of aromatic nitrogens is 1. The molecule has 1 aromatic heterocycles. The molecule has 0 unspecified atom stereocenters. The van der Waals surface area contributed by atoms with E-state index >= 15 is 0 Å². The molecule has 0 aliphatic heterocycles. The van der Waals surface area contributed by atoms with E-state index in [1.165, 1.54) is 4.90 Å². The second-order valence-corrected chi connectivity index (χ2v) is 8.03. The lowest BCUT2D eigenvalue weighted by Gasteiger charge is -2.39. The number of carbonyl (C=O) groups excluding carboxylic acids is 2. The average Bonchev–Trinajstić information content (AvgIpc) is 3.45. The van der Waals surface area contributed by atoms with Gasteiger partial charge in [-0.25, -0.2) is 4.79 Å². The number of carbonyl (C=O) groups is 2. The van der Waals surface area contributed by atoms with E-state index in [-0.39, 0.29) is 5.91 Å². The molecule has 0 bridgehead atoms. The predicted molar refractivity (Wildman–Crippen MR) is 101 cm³/mol. The Morgan fingerprint density at radius 3 is 2.48 bits per heavy atom. The number of ether oxygens (including phenoxy) is 1. The normalized spacial score (nSPS) is 19.8. The third kappa shape index (κ3) is 3.60. The maximum absolute atomic E-state index is 12.8. The van der Waals surface area contributed by atoms with Gasteiger partial charge in [0.1, 0.15) is 5.54 Å². The van der Waals surface area contributed by atoms with Gasteiger partial charge in [0.25, 0.3) is 5.91 Å². The number of nitriles is 1. The summed E-state index contributed by atoms with van der Waals surface area (Å²) in [5.41, 5.74) is 1.68. The molecule has 0 aromatic carbocycles. The predicted octanol–water partition coefficient (Wildman–Crippen LogP) is 3.67. The minimum atomic E-state index is -0.918. The third-order valence-electron chi connectivity index (χ3n) is 6.11. The summed E-state index contributed by atoms with van der Waals surface area (Å²) < 4.78 is 7.68. The Morgan fingerprint density at radius 1 is 1.30 bits per heavy atom. The Hall–Kier alpha value is -2.29. The van der Waals surface area contributed by atoms with Crippen LogP contribution in [0.5, 0.6) is 0 Å². The van der Waals surface area contributed by atoms with E-state index in [0.717, 1.165) is 43.5 Å². The molecule has 1 heterocycles. The number of hydrogen-bond acceptors (Lipinski definition) is 4. The van der Waals surface area contributed by atoms with Crippen LogP contribution in [0.1, 0.15) is 79.7 Å². The number of hydrogen-bond donors (Lipinski definition) is 0. The van der Waals surface area contributed by atoms with Gasteiger partial charge in [0.05, 0.1) is 11.6 Å². The molecule has 0 saturated heterocycles. The van der Waals surface area contributed by atoms with E-state index < -0.39 is 17.6 Å². The fraction of sp³-hybridized carbons (Fsp3) is 0.667. The zero-order valence-electron chi connectivity index (χ0n) is 16.7. The molecule has 1 atom stereocenters. The van der Waals surface area contributed by atoms with E-state index in [0.29, 0.717) is 24.4 Å². The van der Waals surface area contributed by atoms with Gasteiger partial charge in [-0.1, -0.05) is 19.3 Å². The van der Waals surface area contributed by atoms with Crippen molar-refractivity contribution in [1.82, 2.24) is 9.47 Å². The molecule has 146 valence electrons. The number of esters is 1. The van der Waals surface area contributed by atoms with E-state index in [4.69, 9.17) is 4.74 Å². The number of amides is 1. The van der Waals surface area contributed by atoms with Gasteiger partial charge in [0, 0.05) is 24.5 Å². The van der Waals surface area contributed by atoms with Crippen LogP contribution in [0.2, 0.25) is 0 Å². The standard InChI is InChI=1S/C21H29N3O3/c1-14-12-18(15(2)24(14)17-8-9-17)20(26)27-16(3)19(25)23(4)21(13-22)10-6-5-7-11-21/h12,16-17H,5-11H2,1-4H3/t16-/m0/s1. The maximum Gasteiger partial charge on any atom is 0.340 e. The molecular weight excluding hydrogens is 342 g/mol. The van der Waals surface area contributed by atoms with E-state index in [9.17, 15) is 14.9 Å². The number of rotatable bonds is 5. The van der Waals surface area contributed by atoms with Crippen molar-refractivity contribution >= 4 is 11.9 Å². The van der Waals surface area contributed by atoms with Crippen molar-refractivity contribution in [1.29, 1.82) is 5.26 Å². The van der Waals surface area contributed by atoms with Gasteiger partial charge < -0.3 is 14.2 Å². The molecule has 2 saturated carbocycles. The fourth-order valence-electron chi connectivity index (χ4n) is 4.30. The molecule has 2 aliphatic rings. The van der Waals surface area contributed by atoms with E-state index in [1.807, 2.05) is 19.9 Å². The minimum absolute atomic E-state index is 0.317. The summed E-state index contributed by atoms with van der Waals surface area (Å²) in [5.74, 6) is -0.790. The first-order valence-corrected chi connectivity index (χ1v) is 9.89. The lowest BCUT2D eigenvalue weighted by atomic mass is 9.81. The summed E-state index contributed by atoms with van der Waals surface area (Å²) in [6, 6.07) is 4.67. The van der Waals surface area contributed by atoms with Crippen LogP contribution in [0.25, 0.3) is 0 Å². The van der Waals surface area contributed by atoms with Gasteiger partial charge in [-0.3, -0.25) is 4.79 Å². The van der Waals surface area contributed by atoms with Gasteiger partial charge in [-0.05, 0) is 52.5 Å². The monoisotopic (exact) mass is 371 g/mol. The highest BCUT2D eigenvalue weighted by atomic mass is 16.5. The van der Waals surface area contributed by atoms with Crippen molar-refractivity contribution in [2.75, 3.05) is 7.05 Å². The summed E-state index contributed by atoms with van der Waals surface area (Å²) in [6.07, 6.45) is 5.68. The average molecular weight is 371 g/mol. The summed E-state index contributed by atoms with van der Waals surface area (Å²) in [7, 11) is 1.65. The van der Waals surface area contributed by atoms with Crippen LogP contribution in [-0.4, -0.2) is 40.0 Å². The van der Waals surface area contributed by atoms with Crippen LogP contribution in [0, 0.1) is 25.2 Å². The highest BCUT2D eigenvalue weighted by Gasteiger charge is 2.41. The van der Waals surface area contributed by atoms with Crippen LogP contribution in [0.3, 0.4) is 0 Å². The van der Waals surface area contributed by atoms with Crippen LogP contribution >= 0.6 is 0 Å². The fourth-order valence-corrected chi connectivity index (χ4v) is 4.30. The first-order valence-electron chi connectivity index (χ1n) is 9.89. The molecule has 6 heteroatoms. The lowest BCUT2D eigenvalue weighted by molar-refractivity contribution is -0.143. The van der Waals surface area contributed by atoms with E-state index in [1.54, 1.807) is 14.0 Å². The number of nitrogens with zero attached hydrogens (tertiary/aromatic N) is 3. The summed E-state index contributed by atoms with van der Waals surface area (Å²) in [4.78, 5) is 27.0. The molecular formula is C21H29N3O3. The van der Waals surface area contributed by atoms with Crippen LogP contribution < -0.4 is 0 Å². The molecule has 0 radical (unpaired) electrons. The summed E-state index contributed by atoms with van der Waals surface area (Å²) >= 11 is 0. The minimum Gasteiger partial charge on any atom is -0.449 e. The van der Waals surface area contributed by atoms with Crippen LogP contribution in [0.4, 0.5) is 0 Å². The molecule has 3 rings (SSSR count). The lowest BCUT2D eigenvalue weighted by Crippen LogP contribution is -2.53. The van der Waals surface area contributed by atoms with E-state index in [2.05, 4.69) is 10.6 Å². The number of likely N-dealkylation sites (N-methyl/N-ethyl adjacent to an activating group) is 1. The molecule has 0 spiro atoms. The zero-order chi connectivity index (χ0) is 19.8. The Kier molecular flexibility index (Phi) is 5.32. The topological polar surface area (TPSA) is 75.3 Å². The SMILES string of the molecule is Cc1cc(C(=O)O[C@@H](C)C(=O)N(C)C2(C#N)CCCCC2)c(C)n1C1CC1. The maximum atomic E-state index is 12.8. The van der Waals surface area contributed by atoms with Crippen LogP contribution in [-0.2, 0) is 9.53 Å². The van der Waals surface area contributed by atoms with Gasteiger partial charge >= 0.3 is 5.97 Å². The Bertz CT molecular complexity index is 779. The first-order chi connectivity index (χ1) is 12.8. The molecule has 1 amide bonds. The van der Waals surface area contributed by atoms with Gasteiger partial charge in [-0.2, -0.15) is 5.26 Å². The molecule has 2 aliphatic carbocycles. The zero-order valence-corrected chi connectivity index (χ0v) is 16.7. The van der Waals surface area contributed by atoms with Crippen molar-refractivity contribution in [3.05, 3.63) is 23.0 Å². The van der Waals surface area contributed by atoms with Crippen molar-refractivity contribution < 1.29 is 14.3 Å². The van der Waals surface area contributed by atoms with Gasteiger partial charge in [0.2, 0.25) is 0 Å². The van der Waals surface area contributed by atoms with Gasteiger partial charge in [0.15, 0.2) is 6.10 Å². The molecule has 0 N–H and O–H groups in total. The Labute approximate surface area is 161 Å². The smallest absolute Gasteiger partial charge is 0.340 e. The van der Waals surface area contributed by atoms with Crippen molar-refractivity contribution in [2.45, 2.75) is 83.4 Å². The molecule has 2 fully saturated rings. The highest BCUT2D eigenvalue weighted by Crippen LogP contribution is 2.38. The quantitative estimate of drug-likeness (QED) is 0.740. The molecule has 27 heavy (non-hydrogen) atoms. The second kappa shape index (κ2) is 7.38. The second-order valence-electron chi connectivity index (χ2n) is 8.03. The number of aryl methyl sites for hydroxylation is 1. The van der Waals surface area contributed by atoms with Crippen LogP contribution in [0.15, 0.2) is 6.07 Å². The van der Waals surface area contributed by atoms with Crippen molar-refractivity contribution in [3.8, 4) is 6.07 Å². The van der Waals surface area contributed by atoms with Crippen molar-refractivity contribution in [2.24, 2.45) is 0 Å². The van der Waals surface area contributed by atoms with Crippen molar-refractivity contribution in [3.63, 3.8) is 0 Å².